The van der Waals surface area contributed by atoms with Gasteiger partial charge >= 0.3 is 6.18 Å². The molecule has 0 aliphatic carbocycles. The largest absolute Gasteiger partial charge is 0.401 e. The summed E-state index contributed by atoms with van der Waals surface area (Å²) >= 11 is 0. The lowest BCUT2D eigenvalue weighted by atomic mass is 10.2. The van der Waals surface area contributed by atoms with Gasteiger partial charge in [0.05, 0.1) is 6.54 Å². The molecule has 8 heteroatoms. The average Bonchev–Trinajstić information content (AvgIpc) is 2.47. The molecule has 0 bridgehead atoms. The Morgan fingerprint density at radius 1 is 1.09 bits per heavy atom. The molecule has 2 heterocycles. The zero-order valence-corrected chi connectivity index (χ0v) is 12.7. The van der Waals surface area contributed by atoms with Crippen LogP contribution in [0.15, 0.2) is 12.4 Å². The number of aromatic nitrogens is 2. The second kappa shape index (κ2) is 7.73. The van der Waals surface area contributed by atoms with Gasteiger partial charge in [0, 0.05) is 57.2 Å². The van der Waals surface area contributed by atoms with E-state index in [0.717, 1.165) is 18.5 Å². The Labute approximate surface area is 128 Å². The van der Waals surface area contributed by atoms with Crippen LogP contribution in [0.2, 0.25) is 0 Å². The summed E-state index contributed by atoms with van der Waals surface area (Å²) in [4.78, 5) is 12.1. The molecule has 0 radical (unpaired) electrons. The van der Waals surface area contributed by atoms with Crippen LogP contribution in [-0.2, 0) is 6.54 Å². The van der Waals surface area contributed by atoms with Crippen molar-refractivity contribution in [2.45, 2.75) is 26.1 Å². The van der Waals surface area contributed by atoms with Crippen LogP contribution in [0.4, 0.5) is 19.1 Å². The highest BCUT2D eigenvalue weighted by atomic mass is 19.4. The Morgan fingerprint density at radius 3 is 2.23 bits per heavy atom. The van der Waals surface area contributed by atoms with E-state index < -0.39 is 12.7 Å². The lowest BCUT2D eigenvalue weighted by Crippen LogP contribution is -2.48. The fourth-order valence-corrected chi connectivity index (χ4v) is 2.38. The first-order valence-corrected chi connectivity index (χ1v) is 7.52. The number of alkyl halides is 3. The summed E-state index contributed by atoms with van der Waals surface area (Å²) in [5, 5.41) is 3.10. The topological polar surface area (TPSA) is 44.3 Å². The van der Waals surface area contributed by atoms with Gasteiger partial charge in [0.2, 0.25) is 5.95 Å². The molecular weight excluding hydrogens is 295 g/mol. The molecule has 0 saturated carbocycles. The lowest BCUT2D eigenvalue weighted by molar-refractivity contribution is -0.149. The molecule has 22 heavy (non-hydrogen) atoms. The van der Waals surface area contributed by atoms with Crippen molar-refractivity contribution in [3.63, 3.8) is 0 Å². The molecular formula is C14H22F3N5. The minimum Gasteiger partial charge on any atom is -0.354 e. The Balaban J connectivity index is 1.76. The van der Waals surface area contributed by atoms with Crippen LogP contribution in [0.3, 0.4) is 0 Å². The molecule has 124 valence electrons. The average molecular weight is 317 g/mol. The summed E-state index contributed by atoms with van der Waals surface area (Å²) in [6, 6.07) is 0. The number of halogens is 3. The maximum Gasteiger partial charge on any atom is 0.401 e. The third kappa shape index (κ3) is 5.76. The highest BCUT2D eigenvalue weighted by Gasteiger charge is 2.32. The third-order valence-corrected chi connectivity index (χ3v) is 3.51. The Bertz CT molecular complexity index is 441. The van der Waals surface area contributed by atoms with Crippen molar-refractivity contribution in [2.75, 3.05) is 44.6 Å². The fourth-order valence-electron chi connectivity index (χ4n) is 2.38. The number of hydrogen-bond donors (Lipinski definition) is 1. The molecule has 2 rings (SSSR count). The van der Waals surface area contributed by atoms with Gasteiger partial charge in [-0.2, -0.15) is 13.2 Å². The first-order valence-electron chi connectivity index (χ1n) is 7.52. The maximum atomic E-state index is 12.3. The smallest absolute Gasteiger partial charge is 0.354 e. The molecule has 0 amide bonds. The lowest BCUT2D eigenvalue weighted by Gasteiger charge is -2.34. The van der Waals surface area contributed by atoms with Crippen LogP contribution in [0, 0.1) is 0 Å². The summed E-state index contributed by atoms with van der Waals surface area (Å²) in [6.07, 6.45) is 0.435. The number of hydrogen-bond acceptors (Lipinski definition) is 5. The van der Waals surface area contributed by atoms with E-state index in [1.165, 1.54) is 4.90 Å². The van der Waals surface area contributed by atoms with Crippen LogP contribution in [0.25, 0.3) is 0 Å². The standard InChI is InChI=1S/C14H22F3N5/c1-2-3-18-13-19-8-12(9-20-13)10-21-4-6-22(7-5-21)11-14(15,16)17/h8-9H,2-7,10-11H2,1H3,(H,18,19,20). The van der Waals surface area contributed by atoms with E-state index in [-0.39, 0.29) is 0 Å². The molecule has 0 unspecified atom stereocenters. The number of anilines is 1. The van der Waals surface area contributed by atoms with Crippen molar-refractivity contribution in [1.82, 2.24) is 19.8 Å². The molecule has 0 aromatic carbocycles. The molecule has 1 aromatic heterocycles. The van der Waals surface area contributed by atoms with Crippen LogP contribution in [-0.4, -0.2) is 65.2 Å². The quantitative estimate of drug-likeness (QED) is 0.869. The second-order valence-corrected chi connectivity index (χ2v) is 5.51. The summed E-state index contributed by atoms with van der Waals surface area (Å²) in [5.74, 6) is 0.612. The normalized spacial score (nSPS) is 17.6. The van der Waals surface area contributed by atoms with Crippen molar-refractivity contribution < 1.29 is 13.2 Å². The van der Waals surface area contributed by atoms with Gasteiger partial charge in [-0.15, -0.1) is 0 Å². The van der Waals surface area contributed by atoms with Gasteiger partial charge in [-0.3, -0.25) is 9.80 Å². The molecule has 1 aromatic rings. The number of nitrogens with one attached hydrogen (secondary N) is 1. The number of nitrogens with zero attached hydrogens (tertiary/aromatic N) is 4. The van der Waals surface area contributed by atoms with Crippen LogP contribution >= 0.6 is 0 Å². The molecule has 1 saturated heterocycles. The van der Waals surface area contributed by atoms with Crippen molar-refractivity contribution >= 4 is 5.95 Å². The van der Waals surface area contributed by atoms with Crippen LogP contribution < -0.4 is 5.32 Å². The van der Waals surface area contributed by atoms with Gasteiger partial charge in [0.25, 0.3) is 0 Å². The predicted octanol–water partition coefficient (Wildman–Crippen LogP) is 1.98. The fraction of sp³-hybridized carbons (Fsp3) is 0.714. The second-order valence-electron chi connectivity index (χ2n) is 5.51. The van der Waals surface area contributed by atoms with Crippen LogP contribution in [0.1, 0.15) is 18.9 Å². The minimum absolute atomic E-state index is 0.441. The highest BCUT2D eigenvalue weighted by molar-refractivity contribution is 5.24. The van der Waals surface area contributed by atoms with E-state index in [2.05, 4.69) is 27.1 Å². The third-order valence-electron chi connectivity index (χ3n) is 3.51. The van der Waals surface area contributed by atoms with Gasteiger partial charge < -0.3 is 5.32 Å². The Kier molecular flexibility index (Phi) is 5.96. The van der Waals surface area contributed by atoms with Gasteiger partial charge in [-0.25, -0.2) is 9.97 Å². The first kappa shape index (κ1) is 17.0. The number of rotatable bonds is 6. The summed E-state index contributed by atoms with van der Waals surface area (Å²) < 4.78 is 37.0. The molecule has 1 fully saturated rings. The molecule has 1 aliphatic rings. The van der Waals surface area contributed by atoms with Crippen LogP contribution in [0.5, 0.6) is 0 Å². The van der Waals surface area contributed by atoms with E-state index in [4.69, 9.17) is 0 Å². The monoisotopic (exact) mass is 317 g/mol. The Morgan fingerprint density at radius 2 is 1.68 bits per heavy atom. The summed E-state index contributed by atoms with van der Waals surface area (Å²) in [6.45, 7) is 4.90. The van der Waals surface area contributed by atoms with Crippen molar-refractivity contribution in [2.24, 2.45) is 0 Å². The van der Waals surface area contributed by atoms with E-state index in [9.17, 15) is 13.2 Å². The van der Waals surface area contributed by atoms with E-state index in [1.54, 1.807) is 12.4 Å². The van der Waals surface area contributed by atoms with Gasteiger partial charge in [0.15, 0.2) is 0 Å². The number of piperazine rings is 1. The molecule has 0 spiro atoms. The highest BCUT2D eigenvalue weighted by Crippen LogP contribution is 2.18. The van der Waals surface area contributed by atoms with E-state index >= 15 is 0 Å². The summed E-state index contributed by atoms with van der Waals surface area (Å²) in [5.41, 5.74) is 0.978. The van der Waals surface area contributed by atoms with Crippen molar-refractivity contribution in [3.05, 3.63) is 18.0 Å². The van der Waals surface area contributed by atoms with E-state index in [1.807, 2.05) is 0 Å². The van der Waals surface area contributed by atoms with E-state index in [0.29, 0.717) is 38.7 Å². The van der Waals surface area contributed by atoms with Gasteiger partial charge in [-0.1, -0.05) is 6.92 Å². The van der Waals surface area contributed by atoms with Gasteiger partial charge in [-0.05, 0) is 6.42 Å². The molecule has 5 nitrogen and oxygen atoms in total. The minimum atomic E-state index is -4.11. The van der Waals surface area contributed by atoms with Gasteiger partial charge in [0.1, 0.15) is 0 Å². The molecule has 1 N–H and O–H groups in total. The zero-order valence-electron chi connectivity index (χ0n) is 12.7. The first-order chi connectivity index (χ1) is 10.5. The summed E-state index contributed by atoms with van der Waals surface area (Å²) in [7, 11) is 0. The molecule has 0 atom stereocenters. The SMILES string of the molecule is CCCNc1ncc(CN2CCN(CC(F)(F)F)CC2)cn1. The zero-order chi connectivity index (χ0) is 16.0. The van der Waals surface area contributed by atoms with Crippen molar-refractivity contribution in [1.29, 1.82) is 0 Å². The van der Waals surface area contributed by atoms with Crippen molar-refractivity contribution in [3.8, 4) is 0 Å². The predicted molar refractivity (Wildman–Crippen MR) is 78.6 cm³/mol. The molecule has 1 aliphatic heterocycles. The maximum absolute atomic E-state index is 12.3. The Hall–Kier alpha value is -1.41.